The highest BCUT2D eigenvalue weighted by Gasteiger charge is 2.44. The van der Waals surface area contributed by atoms with Crippen LogP contribution < -0.4 is 5.73 Å². The Morgan fingerprint density at radius 3 is 2.34 bits per heavy atom. The number of nitrogens with zero attached hydrogens (tertiary/aromatic N) is 2. The van der Waals surface area contributed by atoms with Crippen LogP contribution in [0.1, 0.15) is 34.1 Å². The minimum atomic E-state index is -4.42. The van der Waals surface area contributed by atoms with Crippen LogP contribution >= 0.6 is 15.6 Å². The van der Waals surface area contributed by atoms with E-state index in [1.54, 1.807) is 17.2 Å². The summed E-state index contributed by atoms with van der Waals surface area (Å²) in [5.74, 6) is 0.592. The maximum atomic E-state index is 12.4. The van der Waals surface area contributed by atoms with Crippen molar-refractivity contribution in [3.63, 3.8) is 0 Å². The van der Waals surface area contributed by atoms with Crippen molar-refractivity contribution in [2.24, 2.45) is 22.6 Å². The Kier molecular flexibility index (Phi) is 9.66. The number of phosphoric acid groups is 2. The van der Waals surface area contributed by atoms with Gasteiger partial charge in [0, 0.05) is 12.6 Å². The summed E-state index contributed by atoms with van der Waals surface area (Å²) in [6, 6.07) is 0. The van der Waals surface area contributed by atoms with Gasteiger partial charge in [-0.1, -0.05) is 34.3 Å². The monoisotopic (exact) mass is 497 g/mol. The molecule has 0 aromatic heterocycles. The van der Waals surface area contributed by atoms with Crippen molar-refractivity contribution in [3.05, 3.63) is 24.7 Å². The smallest absolute Gasteiger partial charge is 0.384 e. The molecule has 2 rings (SSSR count). The van der Waals surface area contributed by atoms with Gasteiger partial charge in [0.05, 0.1) is 19.8 Å². The molecular weight excluding hydrogens is 464 g/mol. The van der Waals surface area contributed by atoms with Crippen molar-refractivity contribution in [2.45, 2.75) is 52.6 Å². The third-order valence-corrected chi connectivity index (χ3v) is 6.23. The van der Waals surface area contributed by atoms with Crippen molar-refractivity contribution >= 4 is 21.5 Å². The number of phosphoric ester groups is 2. The van der Waals surface area contributed by atoms with Gasteiger partial charge in [0.25, 0.3) is 0 Å². The first kappa shape index (κ1) is 27.2. The number of aliphatic imine (C=N–C) groups is 1. The molecule has 2 unspecified atom stereocenters. The Morgan fingerprint density at radius 2 is 1.78 bits per heavy atom. The molecule has 4 N–H and O–H groups in total. The molecule has 1 saturated heterocycles. The zero-order valence-electron chi connectivity index (χ0n) is 18.7. The first-order valence-corrected chi connectivity index (χ1v) is 13.2. The Bertz CT molecular complexity index is 818. The lowest BCUT2D eigenvalue weighted by Crippen LogP contribution is -2.33. The Morgan fingerprint density at radius 1 is 1.19 bits per heavy atom. The highest BCUT2D eigenvalue weighted by molar-refractivity contribution is 7.47. The van der Waals surface area contributed by atoms with Gasteiger partial charge in [-0.15, -0.1) is 0 Å². The molecule has 5 atom stereocenters. The van der Waals surface area contributed by atoms with E-state index in [-0.39, 0.29) is 37.3 Å². The van der Waals surface area contributed by atoms with Crippen LogP contribution in [-0.2, 0) is 32.0 Å². The number of hydrogen-bond acceptors (Lipinski definition) is 10. The zero-order chi connectivity index (χ0) is 24.1. The summed E-state index contributed by atoms with van der Waals surface area (Å²) in [7, 11) is -8.78. The molecule has 32 heavy (non-hydrogen) atoms. The molecule has 2 heterocycles. The van der Waals surface area contributed by atoms with Gasteiger partial charge in [-0.05, 0) is 17.9 Å². The third-order valence-electron chi connectivity index (χ3n) is 4.27. The normalized spacial score (nSPS) is 27.6. The van der Waals surface area contributed by atoms with Crippen LogP contribution in [0.3, 0.4) is 0 Å². The minimum absolute atomic E-state index is 0.00860. The summed E-state index contributed by atoms with van der Waals surface area (Å²) in [4.78, 5) is 25.6. The maximum Gasteiger partial charge on any atom is 0.472 e. The van der Waals surface area contributed by atoms with Gasteiger partial charge in [-0.25, -0.2) is 14.1 Å². The Hall–Kier alpha value is -1.07. The molecule has 12 nitrogen and oxygen atoms in total. The van der Waals surface area contributed by atoms with Crippen LogP contribution in [0.5, 0.6) is 0 Å². The first-order valence-electron chi connectivity index (χ1n) is 10.2. The summed E-state index contributed by atoms with van der Waals surface area (Å²) < 4.78 is 50.7. The largest absolute Gasteiger partial charge is 0.472 e. The second-order valence-corrected chi connectivity index (χ2v) is 11.2. The molecule has 0 aromatic carbocycles. The molecule has 184 valence electrons. The Labute approximate surface area is 188 Å². The summed E-state index contributed by atoms with van der Waals surface area (Å²) in [5, 5.41) is 0. The van der Waals surface area contributed by atoms with E-state index in [1.807, 2.05) is 27.7 Å². The molecule has 2 aliphatic heterocycles. The molecular formula is C18H33N3O9P2. The fourth-order valence-electron chi connectivity index (χ4n) is 2.77. The highest BCUT2D eigenvalue weighted by atomic mass is 31.2. The summed E-state index contributed by atoms with van der Waals surface area (Å²) >= 11 is 0. The second kappa shape index (κ2) is 11.4. The van der Waals surface area contributed by atoms with E-state index >= 15 is 0 Å². The van der Waals surface area contributed by atoms with E-state index in [0.29, 0.717) is 5.82 Å². The summed E-state index contributed by atoms with van der Waals surface area (Å²) in [6.07, 6.45) is 0.585. The van der Waals surface area contributed by atoms with Gasteiger partial charge >= 0.3 is 15.6 Å². The van der Waals surface area contributed by atoms with Gasteiger partial charge in [0.2, 0.25) is 0 Å². The molecule has 0 aliphatic carbocycles. The molecule has 0 radical (unpaired) electrons. The Balaban J connectivity index is 2.10. The topological polar surface area (TPSA) is 162 Å². The highest BCUT2D eigenvalue weighted by Crippen LogP contribution is 2.49. The lowest BCUT2D eigenvalue weighted by atomic mass is 10.2. The predicted molar refractivity (Wildman–Crippen MR) is 117 cm³/mol. The zero-order valence-corrected chi connectivity index (χ0v) is 20.5. The minimum Gasteiger partial charge on any atom is -0.384 e. The SMILES string of the molecule is C=C1N=C(N)C=CN1[C@H]1C[C@H](OP(=O)(O)OCC(C)C)[C@@H](COP(=O)(O)OCC(C)C)O1. The van der Waals surface area contributed by atoms with Crippen LogP contribution in [0.2, 0.25) is 0 Å². The van der Waals surface area contributed by atoms with Crippen LogP contribution in [0.25, 0.3) is 0 Å². The van der Waals surface area contributed by atoms with Crippen molar-refractivity contribution in [1.29, 1.82) is 0 Å². The second-order valence-electron chi connectivity index (χ2n) is 8.30. The van der Waals surface area contributed by atoms with Crippen molar-refractivity contribution in [1.82, 2.24) is 4.90 Å². The van der Waals surface area contributed by atoms with Crippen LogP contribution in [-0.4, -0.2) is 58.8 Å². The van der Waals surface area contributed by atoms with Gasteiger partial charge < -0.3 is 25.2 Å². The quantitative estimate of drug-likeness (QED) is 0.340. The van der Waals surface area contributed by atoms with E-state index in [2.05, 4.69) is 11.6 Å². The van der Waals surface area contributed by atoms with Gasteiger partial charge in [-0.3, -0.25) is 18.1 Å². The lowest BCUT2D eigenvalue weighted by molar-refractivity contribution is -0.0570. The standard InChI is InChI=1S/C18H33N3O9P2/c1-12(2)9-26-31(22,23)28-11-16-15(30-32(24,25)27-10-13(3)4)8-18(29-16)21-7-6-17(19)20-14(21)5/h6-7,12-13,15-16,18H,5,8-11H2,1-4H3,(H2,19,20)(H,22,23)(H,24,25)/t15-,16+,18+/m0/s1. The number of ether oxygens (including phenoxy) is 1. The third kappa shape index (κ3) is 8.70. The molecule has 0 saturated carbocycles. The summed E-state index contributed by atoms with van der Waals surface area (Å²) in [5.41, 5.74) is 5.66. The maximum absolute atomic E-state index is 12.4. The molecule has 0 amide bonds. The van der Waals surface area contributed by atoms with Crippen LogP contribution in [0, 0.1) is 11.8 Å². The van der Waals surface area contributed by atoms with E-state index in [1.165, 1.54) is 0 Å². The van der Waals surface area contributed by atoms with E-state index in [4.69, 9.17) is 28.6 Å². The molecule has 0 aromatic rings. The van der Waals surface area contributed by atoms with Crippen molar-refractivity contribution in [2.75, 3.05) is 19.8 Å². The van der Waals surface area contributed by atoms with Crippen LogP contribution in [0.15, 0.2) is 29.7 Å². The van der Waals surface area contributed by atoms with Crippen molar-refractivity contribution in [3.8, 4) is 0 Å². The molecule has 0 bridgehead atoms. The average Bonchev–Trinajstić information content (AvgIpc) is 3.05. The number of hydrogen-bond donors (Lipinski definition) is 3. The van der Waals surface area contributed by atoms with Crippen LogP contribution in [0.4, 0.5) is 0 Å². The van der Waals surface area contributed by atoms with Gasteiger partial charge in [-0.2, -0.15) is 0 Å². The average molecular weight is 497 g/mol. The van der Waals surface area contributed by atoms with E-state index in [0.717, 1.165) is 0 Å². The molecule has 2 aliphatic rings. The number of amidine groups is 1. The predicted octanol–water partition coefficient (Wildman–Crippen LogP) is 2.71. The fourth-order valence-corrected chi connectivity index (χ4v) is 4.78. The molecule has 14 heteroatoms. The fraction of sp³-hybridized carbons (Fsp3) is 0.722. The molecule has 0 spiro atoms. The number of rotatable bonds is 12. The molecule has 1 fully saturated rings. The first-order chi connectivity index (χ1) is 14.8. The van der Waals surface area contributed by atoms with Crippen molar-refractivity contribution < 1.29 is 41.7 Å². The lowest BCUT2D eigenvalue weighted by Gasteiger charge is -2.28. The summed E-state index contributed by atoms with van der Waals surface area (Å²) in [6.45, 7) is 10.7. The van der Waals surface area contributed by atoms with E-state index in [9.17, 15) is 18.9 Å². The van der Waals surface area contributed by atoms with Gasteiger partial charge in [0.15, 0.2) is 0 Å². The number of nitrogens with two attached hydrogens (primary N) is 1. The van der Waals surface area contributed by atoms with Gasteiger partial charge in [0.1, 0.15) is 30.1 Å². The van der Waals surface area contributed by atoms with E-state index < -0.39 is 40.7 Å².